The van der Waals surface area contributed by atoms with Gasteiger partial charge in [0.25, 0.3) is 0 Å². The van der Waals surface area contributed by atoms with E-state index in [2.05, 4.69) is 23.9 Å². The largest absolute Gasteiger partial charge is 0.468 e. The summed E-state index contributed by atoms with van der Waals surface area (Å²) in [5, 5.41) is 13.1. The number of aryl methyl sites for hydroxylation is 1. The van der Waals surface area contributed by atoms with Gasteiger partial charge >= 0.3 is 12.1 Å². The third-order valence-corrected chi connectivity index (χ3v) is 5.94. The zero-order valence-electron chi connectivity index (χ0n) is 17.8. The summed E-state index contributed by atoms with van der Waals surface area (Å²) in [4.78, 5) is 27.4. The van der Waals surface area contributed by atoms with E-state index in [-0.39, 0.29) is 16.9 Å². The smallest absolute Gasteiger partial charge is 0.407 e. The van der Waals surface area contributed by atoms with Crippen LogP contribution in [0, 0.1) is 12.3 Å². The van der Waals surface area contributed by atoms with Gasteiger partial charge in [0.1, 0.15) is 5.92 Å². The molecule has 1 aromatic rings. The Morgan fingerprint density at radius 2 is 1.82 bits per heavy atom. The second-order valence-corrected chi connectivity index (χ2v) is 8.88. The van der Waals surface area contributed by atoms with Crippen LogP contribution < -0.4 is 0 Å². The van der Waals surface area contributed by atoms with Crippen molar-refractivity contribution in [2.75, 3.05) is 33.3 Å². The van der Waals surface area contributed by atoms with E-state index in [9.17, 15) is 9.59 Å². The number of ether oxygens (including phenoxy) is 1. The summed E-state index contributed by atoms with van der Waals surface area (Å²) in [6.07, 6.45) is 0.772. The maximum Gasteiger partial charge on any atom is 0.407 e. The molecule has 0 aliphatic carbocycles. The van der Waals surface area contributed by atoms with Crippen LogP contribution in [0.15, 0.2) is 10.6 Å². The summed E-state index contributed by atoms with van der Waals surface area (Å²) in [6.45, 7) is 12.7. The highest BCUT2D eigenvalue weighted by Gasteiger charge is 2.42. The number of aromatic nitrogens is 1. The standard InChI is InChI=1S/C20H33N3O5/c1-14-13-15(28-21-14)16(17(24)27-6)19(2,3)7-8-20(4,5)23-11-9-22(10-12-23)18(25)26/h13,16H,7-12H2,1-6H3,(H,25,26). The number of carbonyl (C=O) groups excluding carboxylic acids is 1. The number of rotatable bonds is 7. The van der Waals surface area contributed by atoms with Crippen LogP contribution in [0.5, 0.6) is 0 Å². The third kappa shape index (κ3) is 5.04. The molecule has 1 saturated heterocycles. The Balaban J connectivity index is 2.07. The summed E-state index contributed by atoms with van der Waals surface area (Å²) in [7, 11) is 1.39. The zero-order valence-corrected chi connectivity index (χ0v) is 17.8. The van der Waals surface area contributed by atoms with Crippen LogP contribution in [-0.4, -0.2) is 71.0 Å². The first kappa shape index (κ1) is 22.2. The molecule has 1 amide bonds. The number of carbonyl (C=O) groups is 2. The fourth-order valence-corrected chi connectivity index (χ4v) is 3.89. The van der Waals surface area contributed by atoms with Crippen LogP contribution in [0.1, 0.15) is 57.9 Å². The van der Waals surface area contributed by atoms with E-state index in [0.717, 1.165) is 18.5 Å². The van der Waals surface area contributed by atoms with Crippen LogP contribution in [-0.2, 0) is 9.53 Å². The molecular weight excluding hydrogens is 362 g/mol. The Kier molecular flexibility index (Phi) is 6.75. The Hall–Kier alpha value is -2.09. The molecule has 1 unspecified atom stereocenters. The molecule has 2 heterocycles. The minimum Gasteiger partial charge on any atom is -0.468 e. The van der Waals surface area contributed by atoms with Gasteiger partial charge in [-0.05, 0) is 39.0 Å². The topological polar surface area (TPSA) is 96.1 Å². The van der Waals surface area contributed by atoms with Gasteiger partial charge in [-0.2, -0.15) is 0 Å². The molecule has 158 valence electrons. The lowest BCUT2D eigenvalue weighted by Gasteiger charge is -2.45. The van der Waals surface area contributed by atoms with Gasteiger partial charge in [-0.1, -0.05) is 19.0 Å². The van der Waals surface area contributed by atoms with E-state index >= 15 is 0 Å². The number of hydrogen-bond donors (Lipinski definition) is 1. The molecule has 8 heteroatoms. The third-order valence-electron chi connectivity index (χ3n) is 5.94. The first-order chi connectivity index (χ1) is 13.0. The quantitative estimate of drug-likeness (QED) is 0.709. The van der Waals surface area contributed by atoms with Gasteiger partial charge in [0, 0.05) is 37.8 Å². The summed E-state index contributed by atoms with van der Waals surface area (Å²) in [5.41, 5.74) is 0.232. The molecule has 8 nitrogen and oxygen atoms in total. The lowest BCUT2D eigenvalue weighted by atomic mass is 9.72. The molecule has 1 fully saturated rings. The number of amides is 1. The van der Waals surface area contributed by atoms with Crippen LogP contribution >= 0.6 is 0 Å². The van der Waals surface area contributed by atoms with Crippen molar-refractivity contribution in [1.29, 1.82) is 0 Å². The summed E-state index contributed by atoms with van der Waals surface area (Å²) in [6, 6.07) is 1.79. The first-order valence-electron chi connectivity index (χ1n) is 9.72. The van der Waals surface area contributed by atoms with E-state index in [1.165, 1.54) is 12.0 Å². The molecule has 1 N–H and O–H groups in total. The maximum absolute atomic E-state index is 12.5. The average Bonchev–Trinajstić information content (AvgIpc) is 3.05. The molecule has 1 aliphatic heterocycles. The molecule has 2 rings (SSSR count). The highest BCUT2D eigenvalue weighted by Crippen LogP contribution is 2.42. The van der Waals surface area contributed by atoms with Crippen molar-refractivity contribution < 1.29 is 24.0 Å². The van der Waals surface area contributed by atoms with Gasteiger partial charge in [-0.15, -0.1) is 0 Å². The number of piperazine rings is 1. The summed E-state index contributed by atoms with van der Waals surface area (Å²) in [5.74, 6) is -0.324. The minimum atomic E-state index is -0.859. The van der Waals surface area contributed by atoms with E-state index in [1.54, 1.807) is 6.07 Å². The van der Waals surface area contributed by atoms with Crippen molar-refractivity contribution in [2.45, 2.75) is 58.9 Å². The van der Waals surface area contributed by atoms with Crippen molar-refractivity contribution >= 4 is 12.1 Å². The molecule has 0 radical (unpaired) electrons. The van der Waals surface area contributed by atoms with Gasteiger partial charge in [0.05, 0.1) is 12.8 Å². The van der Waals surface area contributed by atoms with Crippen molar-refractivity contribution in [1.82, 2.24) is 15.0 Å². The number of esters is 1. The second-order valence-electron chi connectivity index (χ2n) is 8.88. The Morgan fingerprint density at radius 1 is 1.21 bits per heavy atom. The molecule has 1 aromatic heterocycles. The van der Waals surface area contributed by atoms with Crippen LogP contribution in [0.25, 0.3) is 0 Å². The van der Waals surface area contributed by atoms with E-state index in [4.69, 9.17) is 14.4 Å². The van der Waals surface area contributed by atoms with Crippen molar-refractivity contribution in [3.63, 3.8) is 0 Å². The second kappa shape index (κ2) is 8.51. The lowest BCUT2D eigenvalue weighted by molar-refractivity contribution is -0.146. The predicted octanol–water partition coefficient (Wildman–Crippen LogP) is 3.12. The van der Waals surface area contributed by atoms with Gasteiger partial charge in [0.15, 0.2) is 5.76 Å². The normalized spacial score (nSPS) is 17.4. The van der Waals surface area contributed by atoms with E-state index in [1.807, 2.05) is 20.8 Å². The molecule has 1 aliphatic rings. The molecule has 1 atom stereocenters. The first-order valence-corrected chi connectivity index (χ1v) is 9.72. The molecule has 0 bridgehead atoms. The lowest BCUT2D eigenvalue weighted by Crippen LogP contribution is -2.55. The highest BCUT2D eigenvalue weighted by molar-refractivity contribution is 5.78. The number of carboxylic acid groups (broad SMARTS) is 1. The Morgan fingerprint density at radius 3 is 2.29 bits per heavy atom. The minimum absolute atomic E-state index is 0.111. The van der Waals surface area contributed by atoms with Gasteiger partial charge in [-0.3, -0.25) is 9.69 Å². The van der Waals surface area contributed by atoms with Crippen molar-refractivity contribution in [3.05, 3.63) is 17.5 Å². The van der Waals surface area contributed by atoms with Gasteiger partial charge in [-0.25, -0.2) is 4.79 Å². The highest BCUT2D eigenvalue weighted by atomic mass is 16.5. The fourth-order valence-electron chi connectivity index (χ4n) is 3.89. The van der Waals surface area contributed by atoms with Gasteiger partial charge < -0.3 is 19.3 Å². The maximum atomic E-state index is 12.5. The summed E-state index contributed by atoms with van der Waals surface area (Å²) >= 11 is 0. The monoisotopic (exact) mass is 395 g/mol. The molecule has 28 heavy (non-hydrogen) atoms. The van der Waals surface area contributed by atoms with Crippen LogP contribution in [0.4, 0.5) is 4.79 Å². The Labute approximate surface area is 166 Å². The van der Waals surface area contributed by atoms with Gasteiger partial charge in [0.2, 0.25) is 0 Å². The van der Waals surface area contributed by atoms with E-state index < -0.39 is 12.0 Å². The van der Waals surface area contributed by atoms with E-state index in [0.29, 0.717) is 31.9 Å². The zero-order chi connectivity index (χ0) is 21.1. The van der Waals surface area contributed by atoms with Crippen LogP contribution in [0.3, 0.4) is 0 Å². The number of methoxy groups -OCH3 is 1. The van der Waals surface area contributed by atoms with Crippen molar-refractivity contribution in [3.8, 4) is 0 Å². The predicted molar refractivity (Wildman–Crippen MR) is 104 cm³/mol. The molecular formula is C20H33N3O5. The number of nitrogens with zero attached hydrogens (tertiary/aromatic N) is 3. The molecule has 0 saturated carbocycles. The fraction of sp³-hybridized carbons (Fsp3) is 0.750. The SMILES string of the molecule is COC(=O)C(c1cc(C)no1)C(C)(C)CCC(C)(C)N1CCN(C(=O)O)CC1. The van der Waals surface area contributed by atoms with Crippen molar-refractivity contribution in [2.24, 2.45) is 5.41 Å². The summed E-state index contributed by atoms with van der Waals surface area (Å²) < 4.78 is 10.4. The Bertz CT molecular complexity index is 690. The average molecular weight is 396 g/mol. The molecule has 0 spiro atoms. The van der Waals surface area contributed by atoms with Crippen LogP contribution in [0.2, 0.25) is 0 Å². The number of hydrogen-bond acceptors (Lipinski definition) is 6. The molecule has 0 aromatic carbocycles.